The van der Waals surface area contributed by atoms with Crippen molar-refractivity contribution in [2.45, 2.75) is 13.1 Å². The molecule has 96 valence electrons. The van der Waals surface area contributed by atoms with Crippen LogP contribution in [-0.4, -0.2) is 35.6 Å². The van der Waals surface area contributed by atoms with Gasteiger partial charge in [0.1, 0.15) is 12.2 Å². The lowest BCUT2D eigenvalue weighted by molar-refractivity contribution is -0.137. The van der Waals surface area contributed by atoms with E-state index < -0.39 is 5.97 Å². The smallest absolute Gasteiger partial charge is 0.325 e. The maximum absolute atomic E-state index is 10.6. The summed E-state index contributed by atoms with van der Waals surface area (Å²) in [4.78, 5) is 14.8. The van der Waals surface area contributed by atoms with E-state index in [-0.39, 0.29) is 6.54 Å². The Morgan fingerprint density at radius 1 is 1.32 bits per heavy atom. The van der Waals surface area contributed by atoms with Gasteiger partial charge in [0.15, 0.2) is 0 Å². The van der Waals surface area contributed by atoms with E-state index in [4.69, 9.17) is 5.11 Å². The average molecular weight is 257 g/mol. The number of nitrogens with zero attached hydrogens (tertiary/aromatic N) is 5. The molecule has 0 aliphatic rings. The second-order valence-electron chi connectivity index (χ2n) is 4.16. The third-order valence-corrected chi connectivity index (χ3v) is 2.74. The number of aromatic nitrogens is 5. The molecule has 0 saturated heterocycles. The highest BCUT2D eigenvalue weighted by Crippen LogP contribution is 2.12. The zero-order valence-electron chi connectivity index (χ0n) is 9.97. The largest absolute Gasteiger partial charge is 0.480 e. The molecule has 0 atom stereocenters. The van der Waals surface area contributed by atoms with E-state index in [1.165, 1.54) is 4.68 Å². The van der Waals surface area contributed by atoms with Gasteiger partial charge in [-0.3, -0.25) is 4.79 Å². The monoisotopic (exact) mass is 257 g/mol. The lowest BCUT2D eigenvalue weighted by Gasteiger charge is -1.99. The van der Waals surface area contributed by atoms with Crippen LogP contribution in [0.2, 0.25) is 0 Å². The highest BCUT2D eigenvalue weighted by molar-refractivity contribution is 5.75. The first-order valence-corrected chi connectivity index (χ1v) is 5.73. The Hall–Kier alpha value is -2.70. The standard InChI is InChI=1S/C12H11N5O2/c18-12(19)7-17-6-9(14-15-17)5-16-8-13-10-3-1-2-4-11(10)16/h1-4,6,8H,5,7H2,(H,18,19). The Morgan fingerprint density at radius 3 is 3.00 bits per heavy atom. The van der Waals surface area contributed by atoms with Crippen LogP contribution < -0.4 is 0 Å². The number of fused-ring (bicyclic) bond motifs is 1. The molecule has 0 aliphatic heterocycles. The molecule has 1 aromatic carbocycles. The van der Waals surface area contributed by atoms with E-state index in [9.17, 15) is 4.79 Å². The molecule has 0 unspecified atom stereocenters. The van der Waals surface area contributed by atoms with Gasteiger partial charge in [0.25, 0.3) is 0 Å². The first kappa shape index (κ1) is 11.4. The van der Waals surface area contributed by atoms with E-state index in [1.54, 1.807) is 12.5 Å². The van der Waals surface area contributed by atoms with Crippen molar-refractivity contribution < 1.29 is 9.90 Å². The molecule has 3 rings (SSSR count). The Morgan fingerprint density at radius 2 is 2.16 bits per heavy atom. The van der Waals surface area contributed by atoms with E-state index >= 15 is 0 Å². The fourth-order valence-corrected chi connectivity index (χ4v) is 1.94. The molecular formula is C12H11N5O2. The zero-order chi connectivity index (χ0) is 13.2. The van der Waals surface area contributed by atoms with E-state index in [1.807, 2.05) is 28.8 Å². The predicted octanol–water partition coefficient (Wildman–Crippen LogP) is 0.761. The van der Waals surface area contributed by atoms with Crippen LogP contribution in [0.5, 0.6) is 0 Å². The van der Waals surface area contributed by atoms with Crippen LogP contribution in [0.15, 0.2) is 36.8 Å². The van der Waals surface area contributed by atoms with Crippen molar-refractivity contribution in [1.29, 1.82) is 0 Å². The molecule has 0 fully saturated rings. The second kappa shape index (κ2) is 4.52. The van der Waals surface area contributed by atoms with E-state index in [0.29, 0.717) is 12.2 Å². The summed E-state index contributed by atoms with van der Waals surface area (Å²) >= 11 is 0. The van der Waals surface area contributed by atoms with Crippen molar-refractivity contribution in [3.8, 4) is 0 Å². The third kappa shape index (κ3) is 2.30. The molecule has 2 heterocycles. The summed E-state index contributed by atoms with van der Waals surface area (Å²) < 4.78 is 3.25. The van der Waals surface area contributed by atoms with Gasteiger partial charge >= 0.3 is 5.97 Å². The third-order valence-electron chi connectivity index (χ3n) is 2.74. The van der Waals surface area contributed by atoms with Crippen molar-refractivity contribution in [3.05, 3.63) is 42.5 Å². The maximum Gasteiger partial charge on any atom is 0.325 e. The summed E-state index contributed by atoms with van der Waals surface area (Å²) in [6.07, 6.45) is 3.36. The van der Waals surface area contributed by atoms with Crippen LogP contribution >= 0.6 is 0 Å². The van der Waals surface area contributed by atoms with Crippen molar-refractivity contribution in [1.82, 2.24) is 24.5 Å². The molecule has 7 nitrogen and oxygen atoms in total. The molecule has 0 saturated carbocycles. The molecule has 19 heavy (non-hydrogen) atoms. The van der Waals surface area contributed by atoms with Crippen LogP contribution in [0, 0.1) is 0 Å². The molecule has 0 amide bonds. The summed E-state index contributed by atoms with van der Waals surface area (Å²) in [5.74, 6) is -0.940. The van der Waals surface area contributed by atoms with Gasteiger partial charge in [-0.15, -0.1) is 5.10 Å². The first-order chi connectivity index (χ1) is 9.22. The first-order valence-electron chi connectivity index (χ1n) is 5.73. The highest BCUT2D eigenvalue weighted by atomic mass is 16.4. The predicted molar refractivity (Wildman–Crippen MR) is 66.5 cm³/mol. The van der Waals surface area contributed by atoms with Gasteiger partial charge in [-0.05, 0) is 12.1 Å². The fourth-order valence-electron chi connectivity index (χ4n) is 1.94. The average Bonchev–Trinajstić information content (AvgIpc) is 2.97. The highest BCUT2D eigenvalue weighted by Gasteiger charge is 2.07. The number of hydrogen-bond acceptors (Lipinski definition) is 4. The molecule has 3 aromatic rings. The topological polar surface area (TPSA) is 85.8 Å². The molecule has 0 spiro atoms. The number of carboxylic acids is 1. The van der Waals surface area contributed by atoms with Crippen LogP contribution in [0.3, 0.4) is 0 Å². The summed E-state index contributed by atoms with van der Waals surface area (Å²) in [5, 5.41) is 16.4. The Bertz CT molecular complexity index is 730. The summed E-state index contributed by atoms with van der Waals surface area (Å²) in [5.41, 5.74) is 2.63. The van der Waals surface area contributed by atoms with Crippen LogP contribution in [0.4, 0.5) is 0 Å². The van der Waals surface area contributed by atoms with Gasteiger partial charge in [-0.1, -0.05) is 17.3 Å². The zero-order valence-corrected chi connectivity index (χ0v) is 9.97. The molecular weight excluding hydrogens is 246 g/mol. The molecule has 1 N–H and O–H groups in total. The summed E-state index contributed by atoms with van der Waals surface area (Å²) in [7, 11) is 0. The van der Waals surface area contributed by atoms with Gasteiger partial charge in [0.2, 0.25) is 0 Å². The SMILES string of the molecule is O=C(O)Cn1cc(Cn2cnc3ccccc32)nn1. The van der Waals surface area contributed by atoms with Crippen LogP contribution in [0.1, 0.15) is 5.69 Å². The number of benzene rings is 1. The van der Waals surface area contributed by atoms with Gasteiger partial charge in [0.05, 0.1) is 30.1 Å². The minimum absolute atomic E-state index is 0.183. The van der Waals surface area contributed by atoms with E-state index in [2.05, 4.69) is 15.3 Å². The van der Waals surface area contributed by atoms with Crippen LogP contribution in [0.25, 0.3) is 11.0 Å². The maximum atomic E-state index is 10.6. The second-order valence-corrected chi connectivity index (χ2v) is 4.16. The van der Waals surface area contributed by atoms with Crippen molar-refractivity contribution in [2.24, 2.45) is 0 Å². The van der Waals surface area contributed by atoms with E-state index in [0.717, 1.165) is 11.0 Å². The minimum atomic E-state index is -0.940. The number of hydrogen-bond donors (Lipinski definition) is 1. The molecule has 7 heteroatoms. The summed E-state index contributed by atoms with van der Waals surface area (Å²) in [6, 6.07) is 7.79. The van der Waals surface area contributed by atoms with Crippen molar-refractivity contribution >= 4 is 17.0 Å². The van der Waals surface area contributed by atoms with Gasteiger partial charge in [-0.25, -0.2) is 9.67 Å². The normalized spacial score (nSPS) is 10.9. The number of carboxylic acid groups (broad SMARTS) is 1. The lowest BCUT2D eigenvalue weighted by Crippen LogP contribution is -2.09. The number of imidazole rings is 1. The molecule has 0 radical (unpaired) electrons. The molecule has 0 bridgehead atoms. The number of aliphatic carboxylic acids is 1. The molecule has 0 aliphatic carbocycles. The quantitative estimate of drug-likeness (QED) is 0.745. The van der Waals surface area contributed by atoms with Gasteiger partial charge in [0, 0.05) is 0 Å². The molecule has 2 aromatic heterocycles. The van der Waals surface area contributed by atoms with Crippen molar-refractivity contribution in [3.63, 3.8) is 0 Å². The Kier molecular flexibility index (Phi) is 2.71. The lowest BCUT2D eigenvalue weighted by atomic mass is 10.3. The van der Waals surface area contributed by atoms with Gasteiger partial charge in [-0.2, -0.15) is 0 Å². The fraction of sp³-hybridized carbons (Fsp3) is 0.167. The Balaban J connectivity index is 1.84. The Labute approximate surface area is 108 Å². The van der Waals surface area contributed by atoms with Crippen LogP contribution in [-0.2, 0) is 17.9 Å². The number of rotatable bonds is 4. The summed E-state index contributed by atoms with van der Waals surface area (Å²) in [6.45, 7) is 0.331. The van der Waals surface area contributed by atoms with Gasteiger partial charge < -0.3 is 9.67 Å². The van der Waals surface area contributed by atoms with Crippen molar-refractivity contribution in [2.75, 3.05) is 0 Å². The number of carbonyl (C=O) groups is 1. The minimum Gasteiger partial charge on any atom is -0.480 e. The number of para-hydroxylation sites is 2.